The summed E-state index contributed by atoms with van der Waals surface area (Å²) in [5, 5.41) is 0. The molecule has 1 atom stereocenters. The number of nitrogens with two attached hydrogens (primary N) is 1. The average Bonchev–Trinajstić information content (AvgIpc) is 2.79. The Morgan fingerprint density at radius 3 is 2.26 bits per heavy atom. The monoisotopic (exact) mass is 494 g/mol. The molecule has 2 N–H and O–H groups in total. The van der Waals surface area contributed by atoms with E-state index in [0.29, 0.717) is 17.7 Å². The van der Waals surface area contributed by atoms with Gasteiger partial charge in [0, 0.05) is 18.5 Å². The second-order valence-corrected chi connectivity index (χ2v) is 9.87. The third-order valence-electron chi connectivity index (χ3n) is 5.27. The van der Waals surface area contributed by atoms with Gasteiger partial charge in [-0.3, -0.25) is 4.79 Å². The van der Waals surface area contributed by atoms with Gasteiger partial charge < -0.3 is 15.4 Å². The van der Waals surface area contributed by atoms with E-state index in [1.54, 1.807) is 18.2 Å². The number of hydrogen-bond acceptors (Lipinski definition) is 5. The fraction of sp³-hybridized carbons (Fsp3) is 0.292. The number of amides is 1. The number of allylic oxidation sites excluding steroid dienone is 2. The number of carbonyl (C=O) groups excluding carboxylic acids is 1. The minimum absolute atomic E-state index is 0.182. The van der Waals surface area contributed by atoms with E-state index in [2.05, 4.69) is 4.74 Å². The Morgan fingerprint density at radius 2 is 1.74 bits per heavy atom. The number of carbonyl (C=O) groups is 1. The van der Waals surface area contributed by atoms with E-state index in [4.69, 9.17) is 5.73 Å². The van der Waals surface area contributed by atoms with E-state index in [1.165, 1.54) is 29.2 Å². The van der Waals surface area contributed by atoms with Crippen molar-refractivity contribution < 1.29 is 31.1 Å². The van der Waals surface area contributed by atoms with Gasteiger partial charge in [0.2, 0.25) is 5.91 Å². The minimum Gasteiger partial charge on any atom is -0.406 e. The van der Waals surface area contributed by atoms with Crippen LogP contribution >= 0.6 is 0 Å². The fourth-order valence-corrected chi connectivity index (χ4v) is 4.14. The molecule has 0 bridgehead atoms. The van der Waals surface area contributed by atoms with Crippen molar-refractivity contribution in [3.8, 4) is 5.75 Å². The summed E-state index contributed by atoms with van der Waals surface area (Å²) in [6.45, 7) is 0.182. The van der Waals surface area contributed by atoms with Gasteiger partial charge in [-0.15, -0.1) is 13.2 Å². The molecule has 1 aliphatic carbocycles. The summed E-state index contributed by atoms with van der Waals surface area (Å²) < 4.78 is 64.7. The van der Waals surface area contributed by atoms with Crippen molar-refractivity contribution in [2.45, 2.75) is 36.6 Å². The molecule has 182 valence electrons. The van der Waals surface area contributed by atoms with Crippen LogP contribution in [0.2, 0.25) is 0 Å². The zero-order valence-electron chi connectivity index (χ0n) is 18.5. The lowest BCUT2D eigenvalue weighted by Crippen LogP contribution is -2.45. The highest BCUT2D eigenvalue weighted by atomic mass is 32.2. The van der Waals surface area contributed by atoms with Gasteiger partial charge in [-0.05, 0) is 66.8 Å². The summed E-state index contributed by atoms with van der Waals surface area (Å²) in [4.78, 5) is 14.9. The second-order valence-electron chi connectivity index (χ2n) is 7.86. The van der Waals surface area contributed by atoms with Crippen LogP contribution in [0, 0.1) is 0 Å². The SMILES string of the molecule is CS(=O)(=O)c1ccc(CCN(C(=O)C(N)C2=CCCC=C2)c2ccc(OC(F)(F)F)cc2)cc1. The van der Waals surface area contributed by atoms with Crippen molar-refractivity contribution in [1.29, 1.82) is 0 Å². The maximum Gasteiger partial charge on any atom is 0.573 e. The third-order valence-corrected chi connectivity index (χ3v) is 6.40. The van der Waals surface area contributed by atoms with Crippen LogP contribution in [0.5, 0.6) is 5.75 Å². The lowest BCUT2D eigenvalue weighted by atomic mass is 9.99. The van der Waals surface area contributed by atoms with Gasteiger partial charge in [-0.1, -0.05) is 30.4 Å². The van der Waals surface area contributed by atoms with Crippen molar-refractivity contribution in [1.82, 2.24) is 0 Å². The molecule has 1 unspecified atom stereocenters. The third kappa shape index (κ3) is 6.94. The topological polar surface area (TPSA) is 89.7 Å². The van der Waals surface area contributed by atoms with E-state index in [0.717, 1.165) is 36.8 Å². The number of rotatable bonds is 8. The van der Waals surface area contributed by atoms with Gasteiger partial charge in [0.25, 0.3) is 0 Å². The molecule has 0 saturated heterocycles. The fourth-order valence-electron chi connectivity index (χ4n) is 3.51. The van der Waals surface area contributed by atoms with Crippen molar-refractivity contribution >= 4 is 21.4 Å². The Hall–Kier alpha value is -3.11. The van der Waals surface area contributed by atoms with Gasteiger partial charge >= 0.3 is 6.36 Å². The van der Waals surface area contributed by atoms with Gasteiger partial charge in [-0.25, -0.2) is 8.42 Å². The Labute approximate surface area is 196 Å². The number of benzene rings is 2. The molecule has 2 aromatic rings. The van der Waals surface area contributed by atoms with Crippen LogP contribution in [0.25, 0.3) is 0 Å². The maximum atomic E-state index is 13.3. The van der Waals surface area contributed by atoms with E-state index in [-0.39, 0.29) is 11.4 Å². The largest absolute Gasteiger partial charge is 0.573 e. The van der Waals surface area contributed by atoms with Crippen LogP contribution < -0.4 is 15.4 Å². The summed E-state index contributed by atoms with van der Waals surface area (Å²) in [6, 6.07) is 10.4. The molecule has 2 aromatic carbocycles. The number of hydrogen-bond donors (Lipinski definition) is 1. The number of anilines is 1. The van der Waals surface area contributed by atoms with Crippen LogP contribution in [0.15, 0.2) is 77.2 Å². The Balaban J connectivity index is 1.83. The number of nitrogens with zero attached hydrogens (tertiary/aromatic N) is 1. The van der Waals surface area contributed by atoms with Crippen LogP contribution in [0.4, 0.5) is 18.9 Å². The first kappa shape index (κ1) is 25.5. The number of halogens is 3. The molecular formula is C24H25F3N2O4S. The molecule has 0 aliphatic heterocycles. The first-order valence-electron chi connectivity index (χ1n) is 10.5. The smallest absolute Gasteiger partial charge is 0.406 e. The van der Waals surface area contributed by atoms with Crippen molar-refractivity contribution in [3.05, 3.63) is 77.9 Å². The molecule has 0 radical (unpaired) electrons. The van der Waals surface area contributed by atoms with Crippen LogP contribution in [-0.2, 0) is 21.1 Å². The predicted octanol–water partition coefficient (Wildman–Crippen LogP) is 4.17. The lowest BCUT2D eigenvalue weighted by molar-refractivity contribution is -0.274. The van der Waals surface area contributed by atoms with Crippen LogP contribution in [0.1, 0.15) is 18.4 Å². The molecule has 0 spiro atoms. The molecule has 0 aromatic heterocycles. The van der Waals surface area contributed by atoms with Gasteiger partial charge in [0.1, 0.15) is 11.8 Å². The van der Waals surface area contributed by atoms with Crippen molar-refractivity contribution in [2.75, 3.05) is 17.7 Å². The molecule has 0 heterocycles. The van der Waals surface area contributed by atoms with E-state index in [9.17, 15) is 26.4 Å². The van der Waals surface area contributed by atoms with E-state index in [1.807, 2.05) is 12.2 Å². The molecule has 10 heteroatoms. The molecule has 6 nitrogen and oxygen atoms in total. The molecular weight excluding hydrogens is 469 g/mol. The Bertz CT molecular complexity index is 1170. The molecule has 0 saturated carbocycles. The highest BCUT2D eigenvalue weighted by Crippen LogP contribution is 2.26. The predicted molar refractivity (Wildman–Crippen MR) is 123 cm³/mol. The van der Waals surface area contributed by atoms with Crippen molar-refractivity contribution in [2.24, 2.45) is 5.73 Å². The minimum atomic E-state index is -4.82. The summed E-state index contributed by atoms with van der Waals surface area (Å²) in [6.07, 6.45) is 3.92. The summed E-state index contributed by atoms with van der Waals surface area (Å²) in [5.74, 6) is -0.808. The Morgan fingerprint density at radius 1 is 1.09 bits per heavy atom. The zero-order valence-corrected chi connectivity index (χ0v) is 19.3. The summed E-state index contributed by atoms with van der Waals surface area (Å²) in [7, 11) is -3.33. The van der Waals surface area contributed by atoms with Gasteiger partial charge in [0.15, 0.2) is 9.84 Å². The first-order valence-corrected chi connectivity index (χ1v) is 12.4. The standard InChI is InChI=1S/C24H25F3N2O4S/c1-34(31,32)21-13-7-17(8-14-21)15-16-29(23(30)22(28)18-5-3-2-4-6-18)19-9-11-20(12-10-19)33-24(25,26)27/h3,5-14,22H,2,4,15-16,28H2,1H3. The Kier molecular flexibility index (Phi) is 7.83. The van der Waals surface area contributed by atoms with E-state index < -0.39 is 33.9 Å². The highest BCUT2D eigenvalue weighted by molar-refractivity contribution is 7.90. The van der Waals surface area contributed by atoms with Crippen molar-refractivity contribution in [3.63, 3.8) is 0 Å². The average molecular weight is 495 g/mol. The van der Waals surface area contributed by atoms with Gasteiger partial charge in [-0.2, -0.15) is 0 Å². The van der Waals surface area contributed by atoms with Gasteiger partial charge in [0.05, 0.1) is 4.90 Å². The number of sulfone groups is 1. The summed E-state index contributed by atoms with van der Waals surface area (Å²) in [5.41, 5.74) is 8.05. The normalized spacial score (nSPS) is 14.9. The number of ether oxygens (including phenoxy) is 1. The zero-order chi connectivity index (χ0) is 24.9. The first-order chi connectivity index (χ1) is 15.9. The second kappa shape index (κ2) is 10.4. The number of alkyl halides is 3. The molecule has 3 rings (SSSR count). The quantitative estimate of drug-likeness (QED) is 0.595. The van der Waals surface area contributed by atoms with Crippen LogP contribution in [0.3, 0.4) is 0 Å². The van der Waals surface area contributed by atoms with E-state index >= 15 is 0 Å². The van der Waals surface area contributed by atoms with Crippen LogP contribution in [-0.4, -0.2) is 39.5 Å². The molecule has 0 fully saturated rings. The molecule has 1 aliphatic rings. The molecule has 34 heavy (non-hydrogen) atoms. The highest BCUT2D eigenvalue weighted by Gasteiger charge is 2.31. The lowest BCUT2D eigenvalue weighted by Gasteiger charge is -2.27. The summed E-state index contributed by atoms with van der Waals surface area (Å²) >= 11 is 0. The molecule has 1 amide bonds. The maximum absolute atomic E-state index is 13.3.